The Kier molecular flexibility index (Phi) is 9.64. The minimum Gasteiger partial charge on any atom is -0.442 e. The van der Waals surface area contributed by atoms with Crippen molar-refractivity contribution in [2.24, 2.45) is 5.73 Å². The molecule has 8 nitrogen and oxygen atoms in total. The normalized spacial score (nSPS) is 12.3. The number of carbonyl (C=O) groups excluding carboxylic acids is 2. The van der Waals surface area contributed by atoms with E-state index in [9.17, 15) is 9.59 Å². The molecule has 0 bridgehead atoms. The molecule has 0 fully saturated rings. The van der Waals surface area contributed by atoms with Crippen LogP contribution < -0.4 is 16.5 Å². The van der Waals surface area contributed by atoms with Gasteiger partial charge in [0.2, 0.25) is 5.91 Å². The monoisotopic (exact) mass is 367 g/mol. The van der Waals surface area contributed by atoms with Gasteiger partial charge in [0.1, 0.15) is 5.60 Å². The molecule has 0 aromatic heterocycles. The van der Waals surface area contributed by atoms with E-state index in [4.69, 9.17) is 20.0 Å². The number of nitrogens with two attached hydrogens (primary N) is 1. The van der Waals surface area contributed by atoms with Crippen LogP contribution in [-0.2, 0) is 25.5 Å². The number of hydroxylamine groups is 1. The molecular weight excluding hydrogens is 338 g/mol. The van der Waals surface area contributed by atoms with Crippen LogP contribution in [0.25, 0.3) is 0 Å². The van der Waals surface area contributed by atoms with Gasteiger partial charge in [-0.25, -0.2) is 4.79 Å². The molecule has 1 atom stereocenters. The van der Waals surface area contributed by atoms with Crippen LogP contribution in [0.2, 0.25) is 0 Å². The minimum atomic E-state index is -0.655. The van der Waals surface area contributed by atoms with E-state index in [1.807, 2.05) is 30.3 Å². The SMILES string of the molecule is CC(C)(C)OC(=O)NOCCOCCNC(=O)[C@@H](N)Cc1ccccc1. The first kappa shape index (κ1) is 21.9. The molecule has 0 unspecified atom stereocenters. The number of hydrogen-bond donors (Lipinski definition) is 3. The molecule has 4 N–H and O–H groups in total. The van der Waals surface area contributed by atoms with Gasteiger partial charge in [0.15, 0.2) is 0 Å². The first-order valence-electron chi connectivity index (χ1n) is 8.53. The molecule has 26 heavy (non-hydrogen) atoms. The fourth-order valence-corrected chi connectivity index (χ4v) is 1.95. The number of hydrogen-bond acceptors (Lipinski definition) is 6. The Labute approximate surface area is 154 Å². The summed E-state index contributed by atoms with van der Waals surface area (Å²) in [5, 5.41) is 2.72. The average Bonchev–Trinajstić information content (AvgIpc) is 2.56. The van der Waals surface area contributed by atoms with Gasteiger partial charge in [-0.1, -0.05) is 30.3 Å². The lowest BCUT2D eigenvalue weighted by molar-refractivity contribution is -0.122. The molecule has 2 amide bonds. The predicted octanol–water partition coefficient (Wildman–Crippen LogP) is 1.15. The van der Waals surface area contributed by atoms with Crippen LogP contribution in [0.1, 0.15) is 26.3 Å². The Morgan fingerprint density at radius 1 is 1.12 bits per heavy atom. The van der Waals surface area contributed by atoms with E-state index in [-0.39, 0.29) is 19.1 Å². The lowest BCUT2D eigenvalue weighted by atomic mass is 10.1. The number of nitrogens with one attached hydrogen (secondary N) is 2. The summed E-state index contributed by atoms with van der Waals surface area (Å²) in [6, 6.07) is 9.00. The maximum absolute atomic E-state index is 11.9. The molecule has 0 heterocycles. The highest BCUT2D eigenvalue weighted by Gasteiger charge is 2.16. The van der Waals surface area contributed by atoms with Crippen LogP contribution in [0.5, 0.6) is 0 Å². The third-order valence-electron chi connectivity index (χ3n) is 3.06. The summed E-state index contributed by atoms with van der Waals surface area (Å²) in [4.78, 5) is 28.1. The molecule has 1 aromatic rings. The summed E-state index contributed by atoms with van der Waals surface area (Å²) in [6.07, 6.45) is -0.172. The van der Waals surface area contributed by atoms with Crippen LogP contribution in [0.15, 0.2) is 30.3 Å². The zero-order valence-corrected chi connectivity index (χ0v) is 15.6. The van der Waals surface area contributed by atoms with Gasteiger partial charge in [-0.15, -0.1) is 0 Å². The summed E-state index contributed by atoms with van der Waals surface area (Å²) in [5.41, 5.74) is 8.47. The number of carbonyl (C=O) groups is 2. The van der Waals surface area contributed by atoms with Crippen molar-refractivity contribution < 1.29 is 23.9 Å². The van der Waals surface area contributed by atoms with Crippen LogP contribution >= 0.6 is 0 Å². The second-order valence-corrected chi connectivity index (χ2v) is 6.65. The Balaban J connectivity index is 2.01. The molecule has 0 radical (unpaired) electrons. The second-order valence-electron chi connectivity index (χ2n) is 6.65. The fraction of sp³-hybridized carbons (Fsp3) is 0.556. The minimum absolute atomic E-state index is 0.167. The molecule has 1 aromatic carbocycles. The molecule has 0 saturated heterocycles. The third-order valence-corrected chi connectivity index (χ3v) is 3.06. The highest BCUT2D eigenvalue weighted by Crippen LogP contribution is 2.06. The third kappa shape index (κ3) is 10.7. The van der Waals surface area contributed by atoms with Crippen molar-refractivity contribution in [1.82, 2.24) is 10.8 Å². The maximum Gasteiger partial charge on any atom is 0.431 e. The van der Waals surface area contributed by atoms with Crippen molar-refractivity contribution in [3.05, 3.63) is 35.9 Å². The molecular formula is C18H29N3O5. The van der Waals surface area contributed by atoms with Gasteiger partial charge < -0.3 is 20.5 Å². The molecule has 0 aliphatic rings. The topological polar surface area (TPSA) is 112 Å². The molecule has 1 rings (SSSR count). The van der Waals surface area contributed by atoms with E-state index in [0.29, 0.717) is 19.6 Å². The average molecular weight is 367 g/mol. The number of amides is 2. The van der Waals surface area contributed by atoms with Gasteiger partial charge in [0.05, 0.1) is 25.9 Å². The van der Waals surface area contributed by atoms with E-state index in [1.165, 1.54) is 0 Å². The highest BCUT2D eigenvalue weighted by molar-refractivity contribution is 5.81. The van der Waals surface area contributed by atoms with Crippen LogP contribution in [0.4, 0.5) is 4.79 Å². The van der Waals surface area contributed by atoms with E-state index >= 15 is 0 Å². The maximum atomic E-state index is 11.9. The standard InChI is InChI=1S/C18H29N3O5/c1-18(2,3)26-17(23)21-25-12-11-24-10-9-20-16(22)15(19)13-14-7-5-4-6-8-14/h4-8,15H,9-13,19H2,1-3H3,(H,20,22)(H,21,23)/t15-/m0/s1. The van der Waals surface area contributed by atoms with Crippen molar-refractivity contribution in [1.29, 1.82) is 0 Å². The van der Waals surface area contributed by atoms with Gasteiger partial charge in [0.25, 0.3) is 0 Å². The molecule has 0 aliphatic carbocycles. The predicted molar refractivity (Wildman–Crippen MR) is 97.3 cm³/mol. The second kappa shape index (κ2) is 11.5. The summed E-state index contributed by atoms with van der Waals surface area (Å²) >= 11 is 0. The first-order chi connectivity index (χ1) is 12.3. The fourth-order valence-electron chi connectivity index (χ4n) is 1.95. The highest BCUT2D eigenvalue weighted by atomic mass is 16.7. The van der Waals surface area contributed by atoms with Crippen LogP contribution in [0, 0.1) is 0 Å². The zero-order chi connectivity index (χ0) is 19.4. The molecule has 146 valence electrons. The van der Waals surface area contributed by atoms with Gasteiger partial charge in [0, 0.05) is 6.54 Å². The quantitative estimate of drug-likeness (QED) is 0.422. The summed E-state index contributed by atoms with van der Waals surface area (Å²) in [6.45, 7) is 6.38. The van der Waals surface area contributed by atoms with E-state index < -0.39 is 17.7 Å². The number of benzene rings is 1. The lowest BCUT2D eigenvalue weighted by Crippen LogP contribution is -2.43. The summed E-state index contributed by atoms with van der Waals surface area (Å²) in [7, 11) is 0. The molecule has 0 saturated carbocycles. The van der Waals surface area contributed by atoms with Gasteiger partial charge >= 0.3 is 6.09 Å². The van der Waals surface area contributed by atoms with Gasteiger partial charge in [-0.05, 0) is 32.8 Å². The Morgan fingerprint density at radius 2 is 1.81 bits per heavy atom. The smallest absolute Gasteiger partial charge is 0.431 e. The van der Waals surface area contributed by atoms with Crippen molar-refractivity contribution in [3.63, 3.8) is 0 Å². The number of ether oxygens (including phenoxy) is 2. The largest absolute Gasteiger partial charge is 0.442 e. The molecule has 0 spiro atoms. The van der Waals surface area contributed by atoms with Crippen molar-refractivity contribution in [2.75, 3.05) is 26.4 Å². The zero-order valence-electron chi connectivity index (χ0n) is 15.6. The van der Waals surface area contributed by atoms with E-state index in [0.717, 1.165) is 5.56 Å². The first-order valence-corrected chi connectivity index (χ1v) is 8.53. The van der Waals surface area contributed by atoms with E-state index in [1.54, 1.807) is 20.8 Å². The van der Waals surface area contributed by atoms with E-state index in [2.05, 4.69) is 10.8 Å². The van der Waals surface area contributed by atoms with Gasteiger partial charge in [-0.2, -0.15) is 5.48 Å². The van der Waals surface area contributed by atoms with Gasteiger partial charge in [-0.3, -0.25) is 9.63 Å². The van der Waals surface area contributed by atoms with Crippen molar-refractivity contribution in [2.45, 2.75) is 38.8 Å². The Bertz CT molecular complexity index is 546. The van der Waals surface area contributed by atoms with Crippen molar-refractivity contribution in [3.8, 4) is 0 Å². The molecule has 0 aliphatic heterocycles. The van der Waals surface area contributed by atoms with Crippen molar-refractivity contribution >= 4 is 12.0 Å². The summed E-state index contributed by atoms with van der Waals surface area (Å²) in [5.74, 6) is -0.222. The lowest BCUT2D eigenvalue weighted by Gasteiger charge is -2.19. The number of rotatable bonds is 10. The molecule has 8 heteroatoms. The van der Waals surface area contributed by atoms with Crippen LogP contribution in [-0.4, -0.2) is 50.0 Å². The summed E-state index contributed by atoms with van der Waals surface area (Å²) < 4.78 is 10.3. The Morgan fingerprint density at radius 3 is 2.46 bits per heavy atom. The Hall–Kier alpha value is -2.16. The van der Waals surface area contributed by atoms with Crippen LogP contribution in [0.3, 0.4) is 0 Å².